The molecule has 0 rings (SSSR count). The van der Waals surface area contributed by atoms with Crippen LogP contribution in [0.4, 0.5) is 0 Å². The van der Waals surface area contributed by atoms with Crippen molar-refractivity contribution in [1.29, 1.82) is 0 Å². The molecule has 53 heavy (non-hydrogen) atoms. The molecule has 3 N–H and O–H groups in total. The zero-order valence-electron chi connectivity index (χ0n) is 34.0. The van der Waals surface area contributed by atoms with Crippen LogP contribution in [0.15, 0.2) is 36.5 Å². The van der Waals surface area contributed by atoms with Gasteiger partial charge < -0.3 is 20.1 Å². The van der Waals surface area contributed by atoms with E-state index in [1.807, 2.05) is 0 Å². The molecule has 0 aromatic carbocycles. The van der Waals surface area contributed by atoms with Crippen LogP contribution in [0.25, 0.3) is 0 Å². The van der Waals surface area contributed by atoms with Crippen molar-refractivity contribution in [3.05, 3.63) is 36.5 Å². The normalized spacial score (nSPS) is 13.7. The summed E-state index contributed by atoms with van der Waals surface area (Å²) in [5, 5.41) is 0. The van der Waals surface area contributed by atoms with E-state index in [0.717, 1.165) is 70.6 Å². The molecular weight excluding hydrogens is 689 g/mol. The number of phosphoric ester groups is 1. The highest BCUT2D eigenvalue weighted by atomic mass is 31.2. The summed E-state index contributed by atoms with van der Waals surface area (Å²) in [4.78, 5) is 34.8. The molecule has 0 saturated carbocycles. The molecule has 10 heteroatoms. The zero-order chi connectivity index (χ0) is 38.9. The van der Waals surface area contributed by atoms with Crippen molar-refractivity contribution in [1.82, 2.24) is 0 Å². The first-order valence-corrected chi connectivity index (χ1v) is 23.0. The molecule has 1 unspecified atom stereocenters. The van der Waals surface area contributed by atoms with Gasteiger partial charge in [0, 0.05) is 19.4 Å². The molecule has 0 aromatic heterocycles. The molecule has 0 heterocycles. The minimum atomic E-state index is -4.38. The van der Waals surface area contributed by atoms with Crippen molar-refractivity contribution in [3.63, 3.8) is 0 Å². The molecule has 0 aliphatic rings. The van der Waals surface area contributed by atoms with Gasteiger partial charge in [-0.3, -0.25) is 18.6 Å². The Balaban J connectivity index is 4.18. The Morgan fingerprint density at radius 2 is 0.981 bits per heavy atom. The SMILES string of the molecule is CCCCCC=CCC=CCCCCCCCCCC(=O)O[C@H](COC(=O)CCCCCCCC=CCCCCCCCC)COP(=O)(O)OCCN. The fraction of sp³-hybridized carbons (Fsp3) is 0.814. The van der Waals surface area contributed by atoms with Crippen LogP contribution in [-0.2, 0) is 32.7 Å². The number of nitrogens with two attached hydrogens (primary N) is 1. The van der Waals surface area contributed by atoms with Gasteiger partial charge in [-0.15, -0.1) is 0 Å². The van der Waals surface area contributed by atoms with E-state index in [9.17, 15) is 19.0 Å². The number of hydrogen-bond acceptors (Lipinski definition) is 8. The third kappa shape index (κ3) is 39.7. The molecule has 0 aliphatic heterocycles. The molecule has 0 saturated heterocycles. The Hall–Kier alpha value is -1.77. The predicted octanol–water partition coefficient (Wildman–Crippen LogP) is 12.2. The molecule has 2 atom stereocenters. The van der Waals surface area contributed by atoms with Gasteiger partial charge in [0.05, 0.1) is 13.2 Å². The lowest BCUT2D eigenvalue weighted by Gasteiger charge is -2.19. The minimum Gasteiger partial charge on any atom is -0.462 e. The van der Waals surface area contributed by atoms with Crippen molar-refractivity contribution >= 4 is 19.8 Å². The van der Waals surface area contributed by atoms with Crippen LogP contribution in [-0.4, -0.2) is 49.3 Å². The summed E-state index contributed by atoms with van der Waals surface area (Å²) in [6.07, 6.45) is 43.1. The van der Waals surface area contributed by atoms with E-state index in [1.165, 1.54) is 89.9 Å². The summed E-state index contributed by atoms with van der Waals surface area (Å²) in [5.41, 5.74) is 5.34. The van der Waals surface area contributed by atoms with Gasteiger partial charge in [-0.1, -0.05) is 147 Å². The number of rotatable bonds is 40. The monoisotopic (exact) mass is 770 g/mol. The fourth-order valence-corrected chi connectivity index (χ4v) is 6.54. The van der Waals surface area contributed by atoms with Crippen molar-refractivity contribution < 1.29 is 37.6 Å². The minimum absolute atomic E-state index is 0.0506. The highest BCUT2D eigenvalue weighted by Crippen LogP contribution is 2.43. The van der Waals surface area contributed by atoms with Gasteiger partial charge in [0.2, 0.25) is 0 Å². The Labute approximate surface area is 324 Å². The molecule has 0 aliphatic carbocycles. The van der Waals surface area contributed by atoms with E-state index >= 15 is 0 Å². The smallest absolute Gasteiger partial charge is 0.462 e. The van der Waals surface area contributed by atoms with Gasteiger partial charge in [0.15, 0.2) is 6.10 Å². The molecule has 0 aromatic rings. The number of hydrogen-bond donors (Lipinski definition) is 2. The first-order chi connectivity index (χ1) is 25.8. The molecule has 0 amide bonds. The Kier molecular flexibility index (Phi) is 38.6. The maximum atomic E-state index is 12.6. The Bertz CT molecular complexity index is 970. The molecule has 310 valence electrons. The van der Waals surface area contributed by atoms with Gasteiger partial charge in [0.1, 0.15) is 6.61 Å². The molecule has 9 nitrogen and oxygen atoms in total. The summed E-state index contributed by atoms with van der Waals surface area (Å²) in [7, 11) is -4.38. The molecular formula is C43H80NO8P. The lowest BCUT2D eigenvalue weighted by atomic mass is 10.1. The second kappa shape index (κ2) is 39.9. The van der Waals surface area contributed by atoms with E-state index in [-0.39, 0.29) is 32.6 Å². The Morgan fingerprint density at radius 1 is 0.566 bits per heavy atom. The van der Waals surface area contributed by atoms with Crippen LogP contribution in [0.1, 0.15) is 194 Å². The van der Waals surface area contributed by atoms with Crippen LogP contribution >= 0.6 is 7.82 Å². The second-order valence-corrected chi connectivity index (χ2v) is 15.7. The van der Waals surface area contributed by atoms with Crippen molar-refractivity contribution in [3.8, 4) is 0 Å². The molecule has 0 bridgehead atoms. The number of carbonyl (C=O) groups is 2. The predicted molar refractivity (Wildman–Crippen MR) is 220 cm³/mol. The van der Waals surface area contributed by atoms with E-state index < -0.39 is 32.5 Å². The first kappa shape index (κ1) is 51.2. The van der Waals surface area contributed by atoms with E-state index in [1.54, 1.807) is 0 Å². The summed E-state index contributed by atoms with van der Waals surface area (Å²) in [6.45, 7) is 3.69. The average molecular weight is 770 g/mol. The average Bonchev–Trinajstić information content (AvgIpc) is 3.14. The molecule has 0 spiro atoms. The van der Waals surface area contributed by atoms with E-state index in [0.29, 0.717) is 6.42 Å². The third-order valence-electron chi connectivity index (χ3n) is 9.00. The van der Waals surface area contributed by atoms with Crippen molar-refractivity contribution in [2.75, 3.05) is 26.4 Å². The maximum Gasteiger partial charge on any atom is 0.472 e. The standard InChI is InChI=1S/C43H80NO8P/c1-3-5-7-9-11-13-15-17-19-20-22-24-26-28-30-32-34-36-43(46)52-41(40-51-53(47,48)50-38-37-44)39-49-42(45)35-33-31-29-27-25-23-21-18-16-14-12-10-8-6-4-2/h11,13,17-19,21,41H,3-10,12,14-16,20,22-40,44H2,1-2H3,(H,47,48)/t41-/m1/s1. The van der Waals surface area contributed by atoms with Crippen LogP contribution in [0.2, 0.25) is 0 Å². The van der Waals surface area contributed by atoms with Gasteiger partial charge in [-0.2, -0.15) is 0 Å². The Morgan fingerprint density at radius 3 is 1.49 bits per heavy atom. The topological polar surface area (TPSA) is 134 Å². The van der Waals surface area contributed by atoms with Crippen LogP contribution in [0.5, 0.6) is 0 Å². The fourth-order valence-electron chi connectivity index (χ4n) is 5.78. The van der Waals surface area contributed by atoms with Crippen LogP contribution in [0.3, 0.4) is 0 Å². The number of esters is 2. The van der Waals surface area contributed by atoms with E-state index in [2.05, 4.69) is 50.3 Å². The van der Waals surface area contributed by atoms with Gasteiger partial charge in [-0.25, -0.2) is 4.57 Å². The third-order valence-corrected chi connectivity index (χ3v) is 9.98. The molecule has 0 radical (unpaired) electrons. The second-order valence-electron chi connectivity index (χ2n) is 14.2. The lowest BCUT2D eigenvalue weighted by Crippen LogP contribution is -2.29. The summed E-state index contributed by atoms with van der Waals surface area (Å²) in [6, 6.07) is 0. The van der Waals surface area contributed by atoms with Gasteiger partial charge in [0.25, 0.3) is 0 Å². The van der Waals surface area contributed by atoms with E-state index in [4.69, 9.17) is 24.3 Å². The summed E-state index contributed by atoms with van der Waals surface area (Å²) < 4.78 is 32.7. The van der Waals surface area contributed by atoms with Crippen molar-refractivity contribution in [2.24, 2.45) is 5.73 Å². The van der Waals surface area contributed by atoms with Gasteiger partial charge >= 0.3 is 19.8 Å². The highest BCUT2D eigenvalue weighted by Gasteiger charge is 2.26. The lowest BCUT2D eigenvalue weighted by molar-refractivity contribution is -0.161. The largest absolute Gasteiger partial charge is 0.472 e. The summed E-state index contributed by atoms with van der Waals surface area (Å²) >= 11 is 0. The quantitative estimate of drug-likeness (QED) is 0.0270. The van der Waals surface area contributed by atoms with Crippen molar-refractivity contribution in [2.45, 2.75) is 200 Å². The maximum absolute atomic E-state index is 12.6. The number of allylic oxidation sites excluding steroid dienone is 6. The van der Waals surface area contributed by atoms with Gasteiger partial charge in [-0.05, 0) is 70.6 Å². The van der Waals surface area contributed by atoms with Crippen LogP contribution in [0, 0.1) is 0 Å². The zero-order valence-corrected chi connectivity index (χ0v) is 34.9. The molecule has 0 fully saturated rings. The number of carbonyl (C=O) groups excluding carboxylic acids is 2. The number of unbranched alkanes of at least 4 members (excludes halogenated alkanes) is 21. The summed E-state index contributed by atoms with van der Waals surface area (Å²) in [5.74, 6) is -0.846. The number of phosphoric acid groups is 1. The highest BCUT2D eigenvalue weighted by molar-refractivity contribution is 7.47. The number of ether oxygens (including phenoxy) is 2. The van der Waals surface area contributed by atoms with Crippen LogP contribution < -0.4 is 5.73 Å². The first-order valence-electron chi connectivity index (χ1n) is 21.5.